The summed E-state index contributed by atoms with van der Waals surface area (Å²) in [4.78, 5) is 25.6. The Morgan fingerprint density at radius 2 is 1.95 bits per heavy atom. The Labute approximate surface area is 126 Å². The summed E-state index contributed by atoms with van der Waals surface area (Å²) >= 11 is 0. The normalized spacial score (nSPS) is 10.2. The SMILES string of the molecule is CCCN(CC(=O)Nc1ccccc1C)C(=O)COCC. The quantitative estimate of drug-likeness (QED) is 0.799. The van der Waals surface area contributed by atoms with Crippen LogP contribution in [0.5, 0.6) is 0 Å². The number of nitrogens with zero attached hydrogens (tertiary/aromatic N) is 1. The first-order valence-electron chi connectivity index (χ1n) is 7.29. The van der Waals surface area contributed by atoms with Gasteiger partial charge in [-0.1, -0.05) is 25.1 Å². The van der Waals surface area contributed by atoms with E-state index in [9.17, 15) is 9.59 Å². The van der Waals surface area contributed by atoms with Crippen LogP contribution in [0.4, 0.5) is 5.69 Å². The number of hydrogen-bond acceptors (Lipinski definition) is 3. The summed E-state index contributed by atoms with van der Waals surface area (Å²) in [6.45, 7) is 6.85. The zero-order valence-corrected chi connectivity index (χ0v) is 13.0. The Morgan fingerprint density at radius 1 is 1.24 bits per heavy atom. The Balaban J connectivity index is 2.60. The van der Waals surface area contributed by atoms with Gasteiger partial charge in [-0.25, -0.2) is 0 Å². The maximum Gasteiger partial charge on any atom is 0.249 e. The largest absolute Gasteiger partial charge is 0.372 e. The summed E-state index contributed by atoms with van der Waals surface area (Å²) < 4.78 is 5.12. The highest BCUT2D eigenvalue weighted by Gasteiger charge is 2.16. The molecular weight excluding hydrogens is 268 g/mol. The predicted octanol–water partition coefficient (Wildman–Crippen LogP) is 2.21. The minimum Gasteiger partial charge on any atom is -0.372 e. The summed E-state index contributed by atoms with van der Waals surface area (Å²) in [6, 6.07) is 7.56. The number of ether oxygens (including phenoxy) is 1. The van der Waals surface area contributed by atoms with Crippen LogP contribution < -0.4 is 5.32 Å². The van der Waals surface area contributed by atoms with Gasteiger partial charge in [-0.2, -0.15) is 0 Å². The zero-order valence-electron chi connectivity index (χ0n) is 13.0. The highest BCUT2D eigenvalue weighted by molar-refractivity contribution is 5.95. The Kier molecular flexibility index (Phi) is 7.46. The molecule has 0 unspecified atom stereocenters. The predicted molar refractivity (Wildman–Crippen MR) is 83.2 cm³/mol. The van der Waals surface area contributed by atoms with Crippen molar-refractivity contribution in [2.45, 2.75) is 27.2 Å². The van der Waals surface area contributed by atoms with Crippen molar-refractivity contribution < 1.29 is 14.3 Å². The van der Waals surface area contributed by atoms with Gasteiger partial charge in [0.15, 0.2) is 0 Å². The number of para-hydroxylation sites is 1. The van der Waals surface area contributed by atoms with Gasteiger partial charge >= 0.3 is 0 Å². The van der Waals surface area contributed by atoms with Crippen molar-refractivity contribution >= 4 is 17.5 Å². The summed E-state index contributed by atoms with van der Waals surface area (Å²) in [6.07, 6.45) is 0.801. The first-order valence-corrected chi connectivity index (χ1v) is 7.29. The minimum absolute atomic E-state index is 0.0220. The topological polar surface area (TPSA) is 58.6 Å². The molecule has 0 aliphatic carbocycles. The third-order valence-electron chi connectivity index (χ3n) is 3.03. The summed E-state index contributed by atoms with van der Waals surface area (Å²) in [5.74, 6) is -0.346. The Bertz CT molecular complexity index is 474. The minimum atomic E-state index is -0.192. The van der Waals surface area contributed by atoms with Crippen LogP contribution in [0.2, 0.25) is 0 Å². The molecule has 5 heteroatoms. The van der Waals surface area contributed by atoms with E-state index in [4.69, 9.17) is 4.74 Å². The van der Waals surface area contributed by atoms with Crippen LogP contribution in [0.15, 0.2) is 24.3 Å². The van der Waals surface area contributed by atoms with Crippen molar-refractivity contribution in [2.24, 2.45) is 0 Å². The maximum atomic E-state index is 12.1. The average Bonchev–Trinajstić information content (AvgIpc) is 2.46. The first-order chi connectivity index (χ1) is 10.1. The van der Waals surface area contributed by atoms with Crippen LogP contribution in [-0.4, -0.2) is 43.0 Å². The second-order valence-corrected chi connectivity index (χ2v) is 4.82. The molecule has 0 spiro atoms. The molecule has 21 heavy (non-hydrogen) atoms. The summed E-state index contributed by atoms with van der Waals surface area (Å²) in [5, 5.41) is 2.84. The molecule has 0 radical (unpaired) electrons. The van der Waals surface area contributed by atoms with Crippen molar-refractivity contribution in [1.82, 2.24) is 4.90 Å². The second-order valence-electron chi connectivity index (χ2n) is 4.82. The molecule has 0 fully saturated rings. The van der Waals surface area contributed by atoms with Gasteiger partial charge in [0.1, 0.15) is 6.61 Å². The summed E-state index contributed by atoms with van der Waals surface area (Å²) in [5.41, 5.74) is 1.77. The number of amides is 2. The third-order valence-corrected chi connectivity index (χ3v) is 3.03. The average molecular weight is 292 g/mol. The van der Waals surface area contributed by atoms with Crippen molar-refractivity contribution in [3.63, 3.8) is 0 Å². The van der Waals surface area contributed by atoms with E-state index in [1.165, 1.54) is 4.90 Å². The first kappa shape index (κ1) is 17.2. The van der Waals surface area contributed by atoms with Crippen LogP contribution in [0.25, 0.3) is 0 Å². The Morgan fingerprint density at radius 3 is 2.57 bits per heavy atom. The van der Waals surface area contributed by atoms with Crippen molar-refractivity contribution in [1.29, 1.82) is 0 Å². The van der Waals surface area contributed by atoms with Crippen LogP contribution in [0, 0.1) is 6.92 Å². The van der Waals surface area contributed by atoms with E-state index in [0.717, 1.165) is 17.7 Å². The molecule has 1 aromatic carbocycles. The lowest BCUT2D eigenvalue weighted by Gasteiger charge is -2.21. The molecule has 0 bridgehead atoms. The molecule has 5 nitrogen and oxygen atoms in total. The second kappa shape index (κ2) is 9.13. The molecule has 0 aliphatic rings. The molecule has 1 rings (SSSR count). The standard InChI is InChI=1S/C16H24N2O3/c1-4-10-18(16(20)12-21-5-2)11-15(19)17-14-9-7-6-8-13(14)3/h6-9H,4-5,10-12H2,1-3H3,(H,17,19). The molecule has 0 saturated heterocycles. The fourth-order valence-corrected chi connectivity index (χ4v) is 1.92. The molecule has 1 N–H and O–H groups in total. The number of anilines is 1. The monoisotopic (exact) mass is 292 g/mol. The van der Waals surface area contributed by atoms with Gasteiger partial charge in [-0.3, -0.25) is 9.59 Å². The van der Waals surface area contributed by atoms with Crippen LogP contribution in [0.1, 0.15) is 25.8 Å². The van der Waals surface area contributed by atoms with Gasteiger partial charge < -0.3 is 15.0 Å². The smallest absolute Gasteiger partial charge is 0.249 e. The van der Waals surface area contributed by atoms with E-state index in [0.29, 0.717) is 13.2 Å². The van der Waals surface area contributed by atoms with E-state index in [2.05, 4.69) is 5.32 Å². The number of benzene rings is 1. The molecule has 116 valence electrons. The van der Waals surface area contributed by atoms with Crippen LogP contribution >= 0.6 is 0 Å². The van der Waals surface area contributed by atoms with E-state index < -0.39 is 0 Å². The van der Waals surface area contributed by atoms with Crippen molar-refractivity contribution in [3.05, 3.63) is 29.8 Å². The third kappa shape index (κ3) is 5.95. The molecule has 0 aromatic heterocycles. The molecule has 0 heterocycles. The fraction of sp³-hybridized carbons (Fsp3) is 0.500. The van der Waals surface area contributed by atoms with Crippen molar-refractivity contribution in [2.75, 3.05) is 31.6 Å². The molecular formula is C16H24N2O3. The molecule has 0 aliphatic heterocycles. The number of nitrogens with one attached hydrogen (secondary N) is 1. The molecule has 0 atom stereocenters. The maximum absolute atomic E-state index is 12.1. The van der Waals surface area contributed by atoms with Crippen LogP contribution in [-0.2, 0) is 14.3 Å². The van der Waals surface area contributed by atoms with Crippen molar-refractivity contribution in [3.8, 4) is 0 Å². The zero-order chi connectivity index (χ0) is 15.7. The van der Waals surface area contributed by atoms with E-state index in [1.54, 1.807) is 0 Å². The van der Waals surface area contributed by atoms with E-state index >= 15 is 0 Å². The lowest BCUT2D eigenvalue weighted by Crippen LogP contribution is -2.40. The lowest BCUT2D eigenvalue weighted by atomic mass is 10.2. The van der Waals surface area contributed by atoms with Gasteiger partial charge in [0, 0.05) is 18.8 Å². The number of hydrogen-bond donors (Lipinski definition) is 1. The van der Waals surface area contributed by atoms with Gasteiger partial charge in [-0.15, -0.1) is 0 Å². The van der Waals surface area contributed by atoms with Gasteiger partial charge in [0.2, 0.25) is 11.8 Å². The number of carbonyl (C=O) groups is 2. The number of rotatable bonds is 8. The molecule has 2 amide bonds. The number of aryl methyl sites for hydroxylation is 1. The van der Waals surface area contributed by atoms with Gasteiger partial charge in [0.05, 0.1) is 6.54 Å². The van der Waals surface area contributed by atoms with Gasteiger partial charge in [0.25, 0.3) is 0 Å². The number of carbonyl (C=O) groups excluding carboxylic acids is 2. The van der Waals surface area contributed by atoms with E-state index in [1.807, 2.05) is 45.0 Å². The lowest BCUT2D eigenvalue weighted by molar-refractivity contribution is -0.138. The molecule has 1 aromatic rings. The highest BCUT2D eigenvalue weighted by atomic mass is 16.5. The Hall–Kier alpha value is -1.88. The van der Waals surface area contributed by atoms with Gasteiger partial charge in [-0.05, 0) is 31.9 Å². The molecule has 0 saturated carbocycles. The van der Waals surface area contributed by atoms with Crippen LogP contribution in [0.3, 0.4) is 0 Å². The summed E-state index contributed by atoms with van der Waals surface area (Å²) in [7, 11) is 0. The highest BCUT2D eigenvalue weighted by Crippen LogP contribution is 2.13. The van der Waals surface area contributed by atoms with E-state index in [-0.39, 0.29) is 25.0 Å². The fourth-order valence-electron chi connectivity index (χ4n) is 1.92.